The number of ether oxygens (including phenoxy) is 1. The van der Waals surface area contributed by atoms with Crippen molar-refractivity contribution in [2.75, 3.05) is 24.3 Å². The van der Waals surface area contributed by atoms with Crippen LogP contribution in [0.1, 0.15) is 24.8 Å². The number of benzene rings is 1. The van der Waals surface area contributed by atoms with Gasteiger partial charge in [0, 0.05) is 12.1 Å². The van der Waals surface area contributed by atoms with Crippen LogP contribution in [0.25, 0.3) is 0 Å². The zero-order valence-electron chi connectivity index (χ0n) is 11.5. The lowest BCUT2D eigenvalue weighted by Crippen LogP contribution is -2.30. The molecule has 2 rings (SSSR count). The Bertz CT molecular complexity index is 557. The predicted molar refractivity (Wildman–Crippen MR) is 75.2 cm³/mol. The number of anilines is 2. The molecule has 0 saturated carbocycles. The van der Waals surface area contributed by atoms with Gasteiger partial charge in [-0.15, -0.1) is 0 Å². The number of primary amides is 1. The monoisotopic (exact) mass is 275 g/mol. The van der Waals surface area contributed by atoms with Gasteiger partial charge in [0.1, 0.15) is 5.75 Å². The normalized spacial score (nSPS) is 18.4. The molecule has 4 N–H and O–H groups in total. The van der Waals surface area contributed by atoms with Crippen molar-refractivity contribution >= 4 is 23.2 Å². The van der Waals surface area contributed by atoms with E-state index < -0.39 is 11.8 Å². The van der Waals surface area contributed by atoms with E-state index in [1.54, 1.807) is 12.1 Å². The summed E-state index contributed by atoms with van der Waals surface area (Å²) in [5, 5.41) is 0. The molecule has 1 heterocycles. The van der Waals surface area contributed by atoms with Gasteiger partial charge in [0.15, 0.2) is 0 Å². The van der Waals surface area contributed by atoms with Crippen LogP contribution < -0.4 is 21.1 Å². The quantitative estimate of drug-likeness (QED) is 0.792. The fourth-order valence-corrected chi connectivity index (χ4v) is 2.46. The third-order valence-electron chi connectivity index (χ3n) is 3.41. The van der Waals surface area contributed by atoms with Gasteiger partial charge in [-0.2, -0.15) is 0 Å². The minimum absolute atomic E-state index is 0.123. The first-order valence-corrected chi connectivity index (χ1v) is 6.32. The predicted octanol–water partition coefficient (Wildman–Crippen LogP) is 0.684. The van der Waals surface area contributed by atoms with E-state index in [2.05, 4.69) is 6.42 Å². The van der Waals surface area contributed by atoms with Crippen LogP contribution in [-0.4, -0.2) is 25.5 Å². The Morgan fingerprint density at radius 3 is 2.80 bits per heavy atom. The minimum atomic E-state index is -0.677. The number of carbonyl (C=O) groups excluding carboxylic acids is 2. The molecule has 0 saturated heterocycles. The molecule has 0 fully saturated rings. The van der Waals surface area contributed by atoms with E-state index >= 15 is 0 Å². The van der Waals surface area contributed by atoms with Crippen LogP contribution in [0, 0.1) is 6.42 Å². The third kappa shape index (κ3) is 2.17. The Labute approximate surface area is 117 Å². The van der Waals surface area contributed by atoms with Gasteiger partial charge in [0.05, 0.1) is 30.8 Å². The van der Waals surface area contributed by atoms with E-state index in [0.29, 0.717) is 29.2 Å². The van der Waals surface area contributed by atoms with Gasteiger partial charge in [0.25, 0.3) is 0 Å². The molecule has 1 aromatic carbocycles. The topological polar surface area (TPSA) is 98.7 Å². The molecule has 6 heteroatoms. The van der Waals surface area contributed by atoms with Gasteiger partial charge >= 0.3 is 0 Å². The van der Waals surface area contributed by atoms with E-state index in [-0.39, 0.29) is 12.3 Å². The molecule has 6 nitrogen and oxygen atoms in total. The highest BCUT2D eigenvalue weighted by Crippen LogP contribution is 2.43. The molecule has 0 bridgehead atoms. The molecular weight excluding hydrogens is 258 g/mol. The minimum Gasteiger partial charge on any atom is -0.494 e. The number of nitrogen functional groups attached to an aromatic ring is 1. The summed E-state index contributed by atoms with van der Waals surface area (Å²) in [5.74, 6) is -1.09. The molecule has 20 heavy (non-hydrogen) atoms. The summed E-state index contributed by atoms with van der Waals surface area (Å²) in [5.41, 5.74) is 12.9. The second-order valence-electron chi connectivity index (χ2n) is 4.51. The first-order chi connectivity index (χ1) is 9.51. The molecular formula is C14H17N3O3. The van der Waals surface area contributed by atoms with Gasteiger partial charge in [0.2, 0.25) is 11.8 Å². The average molecular weight is 275 g/mol. The lowest BCUT2D eigenvalue weighted by Gasteiger charge is -2.24. The molecule has 2 radical (unpaired) electrons. The zero-order chi connectivity index (χ0) is 14.9. The number of nitrogens with two attached hydrogens (primary N) is 2. The molecule has 1 aliphatic heterocycles. The second-order valence-corrected chi connectivity index (χ2v) is 4.51. The molecule has 0 aliphatic carbocycles. The summed E-state index contributed by atoms with van der Waals surface area (Å²) in [4.78, 5) is 25.3. The van der Waals surface area contributed by atoms with Crippen molar-refractivity contribution in [3.05, 3.63) is 24.1 Å². The Kier molecular flexibility index (Phi) is 3.83. The lowest BCUT2D eigenvalue weighted by molar-refractivity contribution is -0.119. The molecule has 106 valence electrons. The van der Waals surface area contributed by atoms with Crippen LogP contribution in [0.3, 0.4) is 0 Å². The van der Waals surface area contributed by atoms with E-state index in [1.165, 1.54) is 12.0 Å². The molecule has 1 aromatic rings. The van der Waals surface area contributed by atoms with Crippen molar-refractivity contribution in [1.29, 1.82) is 0 Å². The van der Waals surface area contributed by atoms with Gasteiger partial charge in [-0.3, -0.25) is 9.59 Å². The third-order valence-corrected chi connectivity index (χ3v) is 3.41. The van der Waals surface area contributed by atoms with Crippen LogP contribution in [0.2, 0.25) is 0 Å². The number of hydrogen-bond donors (Lipinski definition) is 2. The lowest BCUT2D eigenvalue weighted by atomic mass is 9.92. The first-order valence-electron chi connectivity index (χ1n) is 6.32. The number of amides is 2. The van der Waals surface area contributed by atoms with Crippen molar-refractivity contribution in [1.82, 2.24) is 0 Å². The maximum absolute atomic E-state index is 12.1. The van der Waals surface area contributed by atoms with Crippen molar-refractivity contribution in [2.24, 2.45) is 5.73 Å². The number of methoxy groups -OCH3 is 1. The van der Waals surface area contributed by atoms with E-state index in [0.717, 1.165) is 0 Å². The first kappa shape index (κ1) is 14.2. The summed E-state index contributed by atoms with van der Waals surface area (Å²) < 4.78 is 5.31. The number of hydrogen-bond acceptors (Lipinski definition) is 4. The Morgan fingerprint density at radius 1 is 1.55 bits per heavy atom. The second kappa shape index (κ2) is 5.40. The summed E-state index contributed by atoms with van der Waals surface area (Å²) in [6.07, 6.45) is 2.81. The largest absolute Gasteiger partial charge is 0.494 e. The maximum Gasteiger partial charge on any atom is 0.235 e. The van der Waals surface area contributed by atoms with Crippen molar-refractivity contribution in [2.45, 2.75) is 19.3 Å². The van der Waals surface area contributed by atoms with Crippen LogP contribution in [-0.2, 0) is 9.59 Å². The van der Waals surface area contributed by atoms with Gasteiger partial charge < -0.3 is 21.1 Å². The van der Waals surface area contributed by atoms with Crippen LogP contribution >= 0.6 is 0 Å². The summed E-state index contributed by atoms with van der Waals surface area (Å²) in [7, 11) is 1.47. The highest BCUT2D eigenvalue weighted by Gasteiger charge is 2.34. The average Bonchev–Trinajstić information content (AvgIpc) is 2.55. The fourth-order valence-electron chi connectivity index (χ4n) is 2.46. The van der Waals surface area contributed by atoms with E-state index in [1.807, 2.05) is 6.92 Å². The maximum atomic E-state index is 12.1. The Balaban J connectivity index is 2.72. The number of nitrogens with zero attached hydrogens (tertiary/aromatic N) is 1. The van der Waals surface area contributed by atoms with Crippen LogP contribution in [0.15, 0.2) is 12.1 Å². The van der Waals surface area contributed by atoms with E-state index in [9.17, 15) is 9.59 Å². The smallest absolute Gasteiger partial charge is 0.235 e. The van der Waals surface area contributed by atoms with Crippen molar-refractivity contribution < 1.29 is 14.3 Å². The highest BCUT2D eigenvalue weighted by atomic mass is 16.5. The number of fused-ring (bicyclic) bond motifs is 1. The van der Waals surface area contributed by atoms with E-state index in [4.69, 9.17) is 16.2 Å². The van der Waals surface area contributed by atoms with Crippen molar-refractivity contribution in [3.8, 4) is 5.75 Å². The molecule has 1 aliphatic rings. The molecule has 1 atom stereocenters. The Hall–Kier alpha value is -2.24. The number of carbonyl (C=O) groups is 2. The molecule has 1 unspecified atom stereocenters. The fraction of sp³-hybridized carbons (Fsp3) is 0.357. The summed E-state index contributed by atoms with van der Waals surface area (Å²) >= 11 is 0. The molecule has 2 amide bonds. The summed E-state index contributed by atoms with van der Waals surface area (Å²) in [6, 6.07) is 3.36. The van der Waals surface area contributed by atoms with Gasteiger partial charge in [-0.05, 0) is 25.5 Å². The molecule has 0 spiro atoms. The van der Waals surface area contributed by atoms with Crippen molar-refractivity contribution in [3.63, 3.8) is 0 Å². The number of rotatable bonds is 3. The highest BCUT2D eigenvalue weighted by molar-refractivity contribution is 6.04. The van der Waals surface area contributed by atoms with Crippen LogP contribution in [0.4, 0.5) is 11.4 Å². The summed E-state index contributed by atoms with van der Waals surface area (Å²) in [6.45, 7) is 2.30. The Morgan fingerprint density at radius 2 is 2.25 bits per heavy atom. The van der Waals surface area contributed by atoms with Gasteiger partial charge in [-0.1, -0.05) is 0 Å². The standard InChI is InChI=1S/C14H17N3O3/c1-3-17-10-6-5-9(15)13(20-2)12(10)8(14(16)19)4-7-11(17)18/h5-6,8H,3-4,15H2,1-2H3,(H2,16,19). The zero-order valence-corrected chi connectivity index (χ0v) is 11.5. The molecule has 0 aromatic heterocycles. The van der Waals surface area contributed by atoms with Gasteiger partial charge in [-0.25, -0.2) is 0 Å². The van der Waals surface area contributed by atoms with Crippen LogP contribution in [0.5, 0.6) is 5.75 Å². The SMILES string of the molecule is CCN1C(=O)[C]CC(C(N)=O)c2c1ccc(N)c2OC.